The summed E-state index contributed by atoms with van der Waals surface area (Å²) in [4.78, 5) is 41.6. The van der Waals surface area contributed by atoms with Gasteiger partial charge >= 0.3 is 5.97 Å². The number of methoxy groups -OCH3 is 1. The van der Waals surface area contributed by atoms with Gasteiger partial charge in [0.2, 0.25) is 5.91 Å². The molecule has 0 aromatic heterocycles. The predicted octanol–water partition coefficient (Wildman–Crippen LogP) is 3.90. The molecule has 2 aliphatic rings. The van der Waals surface area contributed by atoms with Crippen LogP contribution in [-0.4, -0.2) is 31.8 Å². The van der Waals surface area contributed by atoms with Crippen molar-refractivity contribution in [3.05, 3.63) is 83.9 Å². The van der Waals surface area contributed by atoms with E-state index in [-0.39, 0.29) is 18.1 Å². The number of nitrogens with zero attached hydrogens (tertiary/aromatic N) is 1. The fourth-order valence-electron chi connectivity index (χ4n) is 5.03. The first-order valence-corrected chi connectivity index (χ1v) is 10.2. The molecule has 0 saturated carbocycles. The van der Waals surface area contributed by atoms with E-state index >= 15 is 0 Å². The molecule has 1 aliphatic carbocycles. The summed E-state index contributed by atoms with van der Waals surface area (Å²) in [7, 11) is 2.93. The van der Waals surface area contributed by atoms with Crippen LogP contribution in [0.1, 0.15) is 17.5 Å². The Bertz CT molecular complexity index is 1290. The van der Waals surface area contributed by atoms with Crippen molar-refractivity contribution in [1.29, 1.82) is 0 Å². The van der Waals surface area contributed by atoms with E-state index in [2.05, 4.69) is 0 Å². The minimum Gasteiger partial charge on any atom is -0.469 e. The highest BCUT2D eigenvalue weighted by atomic mass is 16.5. The number of rotatable bonds is 2. The van der Waals surface area contributed by atoms with E-state index in [4.69, 9.17) is 4.74 Å². The van der Waals surface area contributed by atoms with Crippen molar-refractivity contribution in [3.8, 4) is 0 Å². The topological polar surface area (TPSA) is 63.7 Å². The molecule has 3 aromatic carbocycles. The van der Waals surface area contributed by atoms with Gasteiger partial charge in [-0.3, -0.25) is 14.4 Å². The third-order valence-corrected chi connectivity index (χ3v) is 6.58. The quantitative estimate of drug-likeness (QED) is 0.474. The lowest BCUT2D eigenvalue weighted by molar-refractivity contribution is -0.154. The molecule has 5 rings (SSSR count). The van der Waals surface area contributed by atoms with Gasteiger partial charge in [-0.25, -0.2) is 0 Å². The maximum Gasteiger partial charge on any atom is 0.310 e. The van der Waals surface area contributed by atoms with Crippen LogP contribution in [0.15, 0.2) is 72.8 Å². The molecule has 31 heavy (non-hydrogen) atoms. The number of hydrogen-bond acceptors (Lipinski definition) is 4. The molecular weight excluding hydrogens is 390 g/mol. The monoisotopic (exact) mass is 411 g/mol. The van der Waals surface area contributed by atoms with Crippen LogP contribution in [-0.2, 0) is 24.5 Å². The molecule has 5 heteroatoms. The summed E-state index contributed by atoms with van der Waals surface area (Å²) in [5.41, 5.74) is 1.23. The molecule has 0 bridgehead atoms. The summed E-state index contributed by atoms with van der Waals surface area (Å²) < 4.78 is 5.09. The Morgan fingerprint density at radius 3 is 2.48 bits per heavy atom. The highest BCUT2D eigenvalue weighted by Crippen LogP contribution is 2.52. The van der Waals surface area contributed by atoms with Crippen molar-refractivity contribution in [3.63, 3.8) is 0 Å². The largest absolute Gasteiger partial charge is 0.469 e. The maximum absolute atomic E-state index is 13.7. The number of anilines is 1. The summed E-state index contributed by atoms with van der Waals surface area (Å²) in [6.07, 6.45) is 1.78. The first-order valence-electron chi connectivity index (χ1n) is 10.2. The normalized spacial score (nSPS) is 22.6. The molecule has 0 saturated heterocycles. The second kappa shape index (κ2) is 6.91. The van der Waals surface area contributed by atoms with Crippen molar-refractivity contribution in [2.24, 2.45) is 5.92 Å². The van der Waals surface area contributed by atoms with Gasteiger partial charge in [0, 0.05) is 18.3 Å². The van der Waals surface area contributed by atoms with Crippen molar-refractivity contribution in [1.82, 2.24) is 0 Å². The Balaban J connectivity index is 1.70. The van der Waals surface area contributed by atoms with Gasteiger partial charge in [0.15, 0.2) is 11.2 Å². The number of esters is 1. The van der Waals surface area contributed by atoms with Crippen molar-refractivity contribution >= 4 is 39.7 Å². The summed E-state index contributed by atoms with van der Waals surface area (Å²) in [5.74, 6) is -2.25. The fourth-order valence-corrected chi connectivity index (χ4v) is 5.03. The van der Waals surface area contributed by atoms with E-state index in [9.17, 15) is 14.4 Å². The molecule has 1 amide bonds. The molecular formula is C26H21NO4. The van der Waals surface area contributed by atoms with Crippen LogP contribution >= 0.6 is 0 Å². The van der Waals surface area contributed by atoms with Crippen LogP contribution in [0.5, 0.6) is 0 Å². The number of carbonyl (C=O) groups excluding carboxylic acids is 3. The van der Waals surface area contributed by atoms with E-state index in [0.717, 1.165) is 21.9 Å². The third kappa shape index (κ3) is 2.59. The van der Waals surface area contributed by atoms with Gasteiger partial charge in [-0.05, 0) is 46.5 Å². The zero-order valence-corrected chi connectivity index (χ0v) is 17.3. The fraction of sp³-hybridized carbons (Fsp3) is 0.192. The van der Waals surface area contributed by atoms with E-state index in [1.807, 2.05) is 48.5 Å². The Morgan fingerprint density at radius 1 is 1.00 bits per heavy atom. The lowest BCUT2D eigenvalue weighted by Crippen LogP contribution is -2.54. The number of amides is 1. The zero-order valence-electron chi connectivity index (χ0n) is 17.3. The maximum atomic E-state index is 13.7. The summed E-state index contributed by atoms with van der Waals surface area (Å²) in [6.45, 7) is 0. The third-order valence-electron chi connectivity index (χ3n) is 6.58. The lowest BCUT2D eigenvalue weighted by atomic mass is 9.62. The summed E-state index contributed by atoms with van der Waals surface area (Å²) >= 11 is 0. The number of carbonyl (C=O) groups is 3. The van der Waals surface area contributed by atoms with Crippen LogP contribution in [0.3, 0.4) is 0 Å². The molecule has 5 nitrogen and oxygen atoms in total. The van der Waals surface area contributed by atoms with Gasteiger partial charge in [-0.1, -0.05) is 54.6 Å². The Labute approximate surface area is 179 Å². The van der Waals surface area contributed by atoms with Crippen LogP contribution in [0, 0.1) is 5.92 Å². The number of ether oxygens (including phenoxy) is 1. The van der Waals surface area contributed by atoms with Crippen LogP contribution < -0.4 is 4.90 Å². The second-order valence-electron chi connectivity index (χ2n) is 8.06. The Hall–Kier alpha value is -3.73. The number of benzene rings is 3. The molecule has 0 fully saturated rings. The Morgan fingerprint density at radius 2 is 1.71 bits per heavy atom. The summed E-state index contributed by atoms with van der Waals surface area (Å²) in [5, 5.41) is 2.14. The molecule has 0 N–H and O–H groups in total. The Kier molecular flexibility index (Phi) is 4.29. The van der Waals surface area contributed by atoms with Gasteiger partial charge in [-0.2, -0.15) is 0 Å². The molecule has 154 valence electrons. The lowest BCUT2D eigenvalue weighted by Gasteiger charge is -2.36. The van der Waals surface area contributed by atoms with E-state index < -0.39 is 17.3 Å². The first kappa shape index (κ1) is 19.2. The highest BCUT2D eigenvalue weighted by molar-refractivity contribution is 6.28. The van der Waals surface area contributed by atoms with Gasteiger partial charge in [0.25, 0.3) is 0 Å². The van der Waals surface area contributed by atoms with E-state index in [0.29, 0.717) is 11.3 Å². The SMILES string of the molecule is COC(=O)[C@@H]1CC(c2ccc3ccccc3c2)=CC(=O)[C@@]12C(=O)N(C)c1ccccc12. The molecule has 1 heterocycles. The average molecular weight is 411 g/mol. The number of para-hydroxylation sites is 1. The number of fused-ring (bicyclic) bond motifs is 3. The van der Waals surface area contributed by atoms with Crippen molar-refractivity contribution in [2.75, 3.05) is 19.1 Å². The molecule has 1 aliphatic heterocycles. The van der Waals surface area contributed by atoms with Crippen LogP contribution in [0.2, 0.25) is 0 Å². The van der Waals surface area contributed by atoms with Crippen molar-refractivity contribution < 1.29 is 19.1 Å². The van der Waals surface area contributed by atoms with E-state index in [1.165, 1.54) is 18.1 Å². The molecule has 2 atom stereocenters. The average Bonchev–Trinajstić information content (AvgIpc) is 3.03. The zero-order chi connectivity index (χ0) is 21.8. The van der Waals surface area contributed by atoms with Gasteiger partial charge in [0.05, 0.1) is 13.0 Å². The second-order valence-corrected chi connectivity index (χ2v) is 8.06. The van der Waals surface area contributed by atoms with Crippen molar-refractivity contribution in [2.45, 2.75) is 11.8 Å². The number of allylic oxidation sites excluding steroid dienone is 2. The standard InChI is InChI=1S/C26H21NO4/c1-27-22-10-6-5-9-20(22)26(25(27)30)21(24(29)31-2)14-19(15-23(26)28)18-12-11-16-7-3-4-8-17(16)13-18/h3-13,15,21H,14H2,1-2H3/t21-,26-/m0/s1. The minimum absolute atomic E-state index is 0.241. The number of likely N-dealkylation sites (N-methyl/N-ethyl adjacent to an activating group) is 1. The van der Waals surface area contributed by atoms with Gasteiger partial charge in [-0.15, -0.1) is 0 Å². The predicted molar refractivity (Wildman–Crippen MR) is 119 cm³/mol. The van der Waals surface area contributed by atoms with Gasteiger partial charge < -0.3 is 9.64 Å². The highest BCUT2D eigenvalue weighted by Gasteiger charge is 2.63. The van der Waals surface area contributed by atoms with Crippen LogP contribution in [0.25, 0.3) is 16.3 Å². The molecule has 0 unspecified atom stereocenters. The molecule has 3 aromatic rings. The molecule has 0 radical (unpaired) electrons. The van der Waals surface area contributed by atoms with E-state index in [1.54, 1.807) is 25.2 Å². The molecule has 1 spiro atoms. The smallest absolute Gasteiger partial charge is 0.310 e. The first-order chi connectivity index (χ1) is 15.0. The summed E-state index contributed by atoms with van der Waals surface area (Å²) in [6, 6.07) is 21.1. The van der Waals surface area contributed by atoms with Crippen LogP contribution in [0.4, 0.5) is 5.69 Å². The van der Waals surface area contributed by atoms with Gasteiger partial charge in [0.1, 0.15) is 0 Å². The number of hydrogen-bond donors (Lipinski definition) is 0. The minimum atomic E-state index is -1.58. The number of ketones is 1.